The van der Waals surface area contributed by atoms with E-state index in [4.69, 9.17) is 0 Å². The van der Waals surface area contributed by atoms with E-state index in [1.165, 1.54) is 12.8 Å². The lowest BCUT2D eigenvalue weighted by Crippen LogP contribution is -2.47. The maximum Gasteiger partial charge on any atom is 0.393 e. The van der Waals surface area contributed by atoms with Crippen molar-refractivity contribution in [2.75, 3.05) is 20.1 Å². The second-order valence-corrected chi connectivity index (χ2v) is 5.70. The van der Waals surface area contributed by atoms with Crippen molar-refractivity contribution in [3.63, 3.8) is 0 Å². The van der Waals surface area contributed by atoms with Gasteiger partial charge in [0, 0.05) is 25.2 Å². The third-order valence-electron chi connectivity index (χ3n) is 4.23. The molecule has 0 spiro atoms. The SMILES string of the molecule is CN(CCNC1CCCCC1C(F)(F)F)C1CC1. The van der Waals surface area contributed by atoms with Crippen molar-refractivity contribution in [3.05, 3.63) is 0 Å². The predicted molar refractivity (Wildman–Crippen MR) is 65.5 cm³/mol. The molecule has 106 valence electrons. The molecule has 0 bridgehead atoms. The molecule has 0 heterocycles. The van der Waals surface area contributed by atoms with E-state index in [2.05, 4.69) is 17.3 Å². The van der Waals surface area contributed by atoms with Gasteiger partial charge in [-0.2, -0.15) is 13.2 Å². The van der Waals surface area contributed by atoms with E-state index in [0.29, 0.717) is 31.8 Å². The van der Waals surface area contributed by atoms with Gasteiger partial charge >= 0.3 is 6.18 Å². The smallest absolute Gasteiger partial charge is 0.312 e. The molecular formula is C13H23F3N2. The first-order valence-electron chi connectivity index (χ1n) is 6.99. The van der Waals surface area contributed by atoms with Gasteiger partial charge in [-0.15, -0.1) is 0 Å². The summed E-state index contributed by atoms with van der Waals surface area (Å²) in [6.45, 7) is 1.52. The first kappa shape index (κ1) is 14.1. The number of hydrogen-bond acceptors (Lipinski definition) is 2. The zero-order valence-electron chi connectivity index (χ0n) is 11.0. The van der Waals surface area contributed by atoms with Gasteiger partial charge in [0.05, 0.1) is 5.92 Å². The van der Waals surface area contributed by atoms with E-state index in [-0.39, 0.29) is 6.04 Å². The lowest BCUT2D eigenvalue weighted by atomic mass is 9.84. The Morgan fingerprint density at radius 3 is 2.39 bits per heavy atom. The fourth-order valence-electron chi connectivity index (χ4n) is 2.89. The Balaban J connectivity index is 1.74. The van der Waals surface area contributed by atoms with Gasteiger partial charge in [-0.25, -0.2) is 0 Å². The number of likely N-dealkylation sites (N-methyl/N-ethyl adjacent to an activating group) is 1. The molecule has 18 heavy (non-hydrogen) atoms. The summed E-state index contributed by atoms with van der Waals surface area (Å²) >= 11 is 0. The molecule has 0 radical (unpaired) electrons. The van der Waals surface area contributed by atoms with Crippen LogP contribution in [-0.4, -0.2) is 43.3 Å². The second-order valence-electron chi connectivity index (χ2n) is 5.70. The topological polar surface area (TPSA) is 15.3 Å². The van der Waals surface area contributed by atoms with E-state index in [9.17, 15) is 13.2 Å². The van der Waals surface area contributed by atoms with Crippen LogP contribution in [0.3, 0.4) is 0 Å². The first-order chi connectivity index (χ1) is 8.48. The Hall–Kier alpha value is -0.290. The van der Waals surface area contributed by atoms with Crippen LogP contribution < -0.4 is 5.32 Å². The van der Waals surface area contributed by atoms with Crippen molar-refractivity contribution in [1.82, 2.24) is 10.2 Å². The van der Waals surface area contributed by atoms with Crippen molar-refractivity contribution in [3.8, 4) is 0 Å². The van der Waals surface area contributed by atoms with Crippen molar-refractivity contribution < 1.29 is 13.2 Å². The summed E-state index contributed by atoms with van der Waals surface area (Å²) in [5.74, 6) is -1.14. The lowest BCUT2D eigenvalue weighted by Gasteiger charge is -2.34. The summed E-state index contributed by atoms with van der Waals surface area (Å²) in [5, 5.41) is 3.13. The molecule has 0 aromatic carbocycles. The summed E-state index contributed by atoms with van der Waals surface area (Å²) in [6.07, 6.45) is 1.03. The summed E-state index contributed by atoms with van der Waals surface area (Å²) in [7, 11) is 2.06. The molecule has 1 N–H and O–H groups in total. The van der Waals surface area contributed by atoms with Gasteiger partial charge in [-0.1, -0.05) is 12.8 Å². The number of nitrogens with one attached hydrogen (secondary N) is 1. The largest absolute Gasteiger partial charge is 0.393 e. The zero-order valence-corrected chi connectivity index (χ0v) is 11.0. The van der Waals surface area contributed by atoms with Gasteiger partial charge in [0.25, 0.3) is 0 Å². The second kappa shape index (κ2) is 5.78. The lowest BCUT2D eigenvalue weighted by molar-refractivity contribution is -0.188. The quantitative estimate of drug-likeness (QED) is 0.821. The molecule has 0 aliphatic heterocycles. The van der Waals surface area contributed by atoms with Crippen molar-refractivity contribution in [2.45, 2.75) is 56.8 Å². The zero-order chi connectivity index (χ0) is 13.2. The highest BCUT2D eigenvalue weighted by Gasteiger charge is 2.45. The molecule has 0 amide bonds. The van der Waals surface area contributed by atoms with E-state index in [1.54, 1.807) is 0 Å². The van der Waals surface area contributed by atoms with Crippen LogP contribution in [0.5, 0.6) is 0 Å². The molecular weight excluding hydrogens is 241 g/mol. The number of rotatable bonds is 5. The summed E-state index contributed by atoms with van der Waals surface area (Å²) in [4.78, 5) is 2.25. The maximum atomic E-state index is 12.9. The van der Waals surface area contributed by atoms with Crippen LogP contribution in [0, 0.1) is 5.92 Å². The van der Waals surface area contributed by atoms with Gasteiger partial charge in [0.15, 0.2) is 0 Å². The highest BCUT2D eigenvalue weighted by atomic mass is 19.4. The highest BCUT2D eigenvalue weighted by Crippen LogP contribution is 2.37. The average molecular weight is 264 g/mol. The normalized spacial score (nSPS) is 29.8. The fraction of sp³-hybridized carbons (Fsp3) is 1.00. The van der Waals surface area contributed by atoms with Crippen molar-refractivity contribution in [1.29, 1.82) is 0 Å². The van der Waals surface area contributed by atoms with E-state index in [0.717, 1.165) is 13.0 Å². The Kier molecular flexibility index (Phi) is 4.54. The van der Waals surface area contributed by atoms with Crippen LogP contribution in [0.4, 0.5) is 13.2 Å². The Labute approximate surface area is 107 Å². The summed E-state index contributed by atoms with van der Waals surface area (Å²) in [5.41, 5.74) is 0. The number of nitrogens with zero attached hydrogens (tertiary/aromatic N) is 1. The molecule has 5 heteroatoms. The highest BCUT2D eigenvalue weighted by molar-refractivity contribution is 4.87. The molecule has 2 saturated carbocycles. The Morgan fingerprint density at radius 2 is 1.78 bits per heavy atom. The van der Waals surface area contributed by atoms with Gasteiger partial charge in [-0.3, -0.25) is 0 Å². The van der Waals surface area contributed by atoms with Crippen LogP contribution in [0.1, 0.15) is 38.5 Å². The van der Waals surface area contributed by atoms with Crippen LogP contribution in [0.25, 0.3) is 0 Å². The third-order valence-corrected chi connectivity index (χ3v) is 4.23. The standard InChI is InChI=1S/C13H23F3N2/c1-18(10-6-7-10)9-8-17-12-5-3-2-4-11(12)13(14,15)16/h10-12,17H,2-9H2,1H3. The van der Waals surface area contributed by atoms with E-state index >= 15 is 0 Å². The minimum Gasteiger partial charge on any atom is -0.312 e. The molecule has 2 unspecified atom stereocenters. The average Bonchev–Trinajstić information content (AvgIpc) is 3.12. The number of halogens is 3. The van der Waals surface area contributed by atoms with Gasteiger partial charge in [0.2, 0.25) is 0 Å². The summed E-state index contributed by atoms with van der Waals surface area (Å²) < 4.78 is 38.6. The Morgan fingerprint density at radius 1 is 1.11 bits per heavy atom. The molecule has 2 aliphatic carbocycles. The molecule has 2 aliphatic rings. The van der Waals surface area contributed by atoms with Gasteiger partial charge in [0.1, 0.15) is 0 Å². The van der Waals surface area contributed by atoms with Crippen LogP contribution in [0.15, 0.2) is 0 Å². The first-order valence-corrected chi connectivity index (χ1v) is 6.99. The van der Waals surface area contributed by atoms with Crippen LogP contribution >= 0.6 is 0 Å². The maximum absolute atomic E-state index is 12.9. The van der Waals surface area contributed by atoms with Gasteiger partial charge < -0.3 is 10.2 Å². The molecule has 0 aromatic heterocycles. The van der Waals surface area contributed by atoms with Crippen molar-refractivity contribution >= 4 is 0 Å². The number of hydrogen-bond donors (Lipinski definition) is 1. The molecule has 2 nitrogen and oxygen atoms in total. The number of alkyl halides is 3. The minimum atomic E-state index is -4.04. The molecule has 2 rings (SSSR count). The summed E-state index contributed by atoms with van der Waals surface area (Å²) in [6, 6.07) is 0.308. The van der Waals surface area contributed by atoms with Gasteiger partial charge in [-0.05, 0) is 32.7 Å². The Bertz CT molecular complexity index is 263. The predicted octanol–water partition coefficient (Wildman–Crippen LogP) is 2.79. The monoisotopic (exact) mass is 264 g/mol. The minimum absolute atomic E-state index is 0.291. The molecule has 0 aromatic rings. The molecule has 0 saturated heterocycles. The molecule has 2 fully saturated rings. The van der Waals surface area contributed by atoms with Crippen LogP contribution in [0.2, 0.25) is 0 Å². The van der Waals surface area contributed by atoms with Crippen LogP contribution in [-0.2, 0) is 0 Å². The van der Waals surface area contributed by atoms with E-state index < -0.39 is 12.1 Å². The third kappa shape index (κ3) is 3.85. The fourth-order valence-corrected chi connectivity index (χ4v) is 2.89. The molecule has 2 atom stereocenters. The van der Waals surface area contributed by atoms with Crippen molar-refractivity contribution in [2.24, 2.45) is 5.92 Å². The van der Waals surface area contributed by atoms with E-state index in [1.807, 2.05) is 0 Å².